The van der Waals surface area contributed by atoms with Crippen LogP contribution in [0.4, 0.5) is 5.69 Å². The molecule has 2 atom stereocenters. The third kappa shape index (κ3) is 3.14. The van der Waals surface area contributed by atoms with Crippen LogP contribution in [0.1, 0.15) is 22.7 Å². The Morgan fingerprint density at radius 1 is 1.26 bits per heavy atom. The first-order chi connectivity index (χ1) is 12.8. The fraction of sp³-hybridized carbons (Fsp3) is 0.350. The van der Waals surface area contributed by atoms with E-state index in [4.69, 9.17) is 22.3 Å². The summed E-state index contributed by atoms with van der Waals surface area (Å²) in [6.07, 6.45) is 3.78. The topological polar surface area (TPSA) is 77.0 Å². The van der Waals surface area contributed by atoms with Gasteiger partial charge in [-0.25, -0.2) is 0 Å². The third-order valence-corrected chi connectivity index (χ3v) is 5.57. The summed E-state index contributed by atoms with van der Waals surface area (Å²) < 4.78 is 1.76. The Hall–Kier alpha value is -2.60. The SMILES string of the molecule is Cc1cc(N2C[C@H](C(N)=O)[C@@H](c3cnn(C)c3)C2)c2cc(Cl)cc(C)c2n1. The second kappa shape index (κ2) is 6.53. The molecule has 0 saturated carbocycles. The van der Waals surface area contributed by atoms with Crippen LogP contribution in [0.25, 0.3) is 10.9 Å². The van der Waals surface area contributed by atoms with E-state index >= 15 is 0 Å². The number of rotatable bonds is 3. The van der Waals surface area contributed by atoms with Crippen LogP contribution in [0.2, 0.25) is 5.02 Å². The lowest BCUT2D eigenvalue weighted by Gasteiger charge is -2.22. The maximum atomic E-state index is 12.1. The number of anilines is 1. The Morgan fingerprint density at radius 3 is 2.70 bits per heavy atom. The number of nitrogens with zero attached hydrogens (tertiary/aromatic N) is 4. The first-order valence-electron chi connectivity index (χ1n) is 8.94. The molecule has 1 aromatic carbocycles. The van der Waals surface area contributed by atoms with E-state index in [2.05, 4.69) is 16.1 Å². The number of hydrogen-bond donors (Lipinski definition) is 1. The second-order valence-electron chi connectivity index (χ2n) is 7.37. The Morgan fingerprint density at radius 2 is 2.04 bits per heavy atom. The lowest BCUT2D eigenvalue weighted by atomic mass is 9.90. The van der Waals surface area contributed by atoms with Crippen molar-refractivity contribution in [3.05, 3.63) is 52.4 Å². The van der Waals surface area contributed by atoms with Crippen molar-refractivity contribution in [3.8, 4) is 0 Å². The third-order valence-electron chi connectivity index (χ3n) is 5.35. The van der Waals surface area contributed by atoms with Gasteiger partial charge in [0.05, 0.1) is 17.6 Å². The highest BCUT2D eigenvalue weighted by atomic mass is 35.5. The van der Waals surface area contributed by atoms with E-state index in [0.717, 1.165) is 33.4 Å². The summed E-state index contributed by atoms with van der Waals surface area (Å²) in [5, 5.41) is 5.94. The molecule has 2 N–H and O–H groups in total. The van der Waals surface area contributed by atoms with E-state index in [-0.39, 0.29) is 17.7 Å². The summed E-state index contributed by atoms with van der Waals surface area (Å²) in [5.41, 5.74) is 10.7. The van der Waals surface area contributed by atoms with Crippen LogP contribution < -0.4 is 10.6 Å². The van der Waals surface area contributed by atoms with E-state index in [1.165, 1.54) is 0 Å². The average Bonchev–Trinajstić information content (AvgIpc) is 3.21. The zero-order chi connectivity index (χ0) is 19.3. The molecule has 7 heteroatoms. The Labute approximate surface area is 162 Å². The van der Waals surface area contributed by atoms with Crippen molar-refractivity contribution in [3.63, 3.8) is 0 Å². The molecular formula is C20H22ClN5O. The number of halogens is 1. The van der Waals surface area contributed by atoms with Crippen molar-refractivity contribution in [2.45, 2.75) is 19.8 Å². The molecule has 0 unspecified atom stereocenters. The predicted octanol–water partition coefficient (Wildman–Crippen LogP) is 2.94. The summed E-state index contributed by atoms with van der Waals surface area (Å²) in [5.74, 6) is -0.534. The van der Waals surface area contributed by atoms with Gasteiger partial charge in [0.15, 0.2) is 0 Å². The molecule has 0 aliphatic carbocycles. The van der Waals surface area contributed by atoms with Crippen LogP contribution in [0.15, 0.2) is 30.6 Å². The van der Waals surface area contributed by atoms with Crippen LogP contribution in [-0.2, 0) is 11.8 Å². The van der Waals surface area contributed by atoms with Crippen LogP contribution in [0.3, 0.4) is 0 Å². The van der Waals surface area contributed by atoms with Gasteiger partial charge in [-0.2, -0.15) is 5.10 Å². The number of amides is 1. The highest BCUT2D eigenvalue weighted by molar-refractivity contribution is 6.31. The van der Waals surface area contributed by atoms with Gasteiger partial charge in [0.1, 0.15) is 0 Å². The summed E-state index contributed by atoms with van der Waals surface area (Å²) in [7, 11) is 1.88. The number of carbonyl (C=O) groups excluding carboxylic acids is 1. The predicted molar refractivity (Wildman–Crippen MR) is 107 cm³/mol. The molecule has 0 bridgehead atoms. The van der Waals surface area contributed by atoms with Crippen molar-refractivity contribution < 1.29 is 4.79 Å². The zero-order valence-electron chi connectivity index (χ0n) is 15.6. The molecule has 140 valence electrons. The molecule has 1 aliphatic rings. The fourth-order valence-electron chi connectivity index (χ4n) is 4.08. The maximum Gasteiger partial charge on any atom is 0.223 e. The number of carbonyl (C=O) groups is 1. The number of fused-ring (bicyclic) bond motifs is 1. The number of benzene rings is 1. The lowest BCUT2D eigenvalue weighted by Crippen LogP contribution is -2.29. The van der Waals surface area contributed by atoms with Crippen LogP contribution in [-0.4, -0.2) is 33.8 Å². The number of pyridine rings is 1. The van der Waals surface area contributed by atoms with Crippen LogP contribution in [0, 0.1) is 19.8 Å². The quantitative estimate of drug-likeness (QED) is 0.754. The van der Waals surface area contributed by atoms with Gasteiger partial charge in [-0.3, -0.25) is 14.5 Å². The van der Waals surface area contributed by atoms with Crippen LogP contribution in [0.5, 0.6) is 0 Å². The highest BCUT2D eigenvalue weighted by Gasteiger charge is 2.38. The molecule has 1 aliphatic heterocycles. The highest BCUT2D eigenvalue weighted by Crippen LogP contribution is 2.39. The zero-order valence-corrected chi connectivity index (χ0v) is 16.4. The molecule has 1 saturated heterocycles. The van der Waals surface area contributed by atoms with Gasteiger partial charge in [-0.1, -0.05) is 11.6 Å². The molecule has 0 radical (unpaired) electrons. The first-order valence-corrected chi connectivity index (χ1v) is 9.31. The molecule has 3 heterocycles. The average molecular weight is 384 g/mol. The van der Waals surface area contributed by atoms with E-state index in [1.807, 2.05) is 45.4 Å². The molecule has 1 fully saturated rings. The molecule has 4 rings (SSSR count). The minimum absolute atomic E-state index is 0.0139. The second-order valence-corrected chi connectivity index (χ2v) is 7.81. The van der Waals surface area contributed by atoms with E-state index < -0.39 is 0 Å². The largest absolute Gasteiger partial charge is 0.369 e. The van der Waals surface area contributed by atoms with Gasteiger partial charge in [0, 0.05) is 54.0 Å². The Kier molecular flexibility index (Phi) is 4.30. The monoisotopic (exact) mass is 383 g/mol. The van der Waals surface area contributed by atoms with Gasteiger partial charge in [0.25, 0.3) is 0 Å². The molecule has 1 amide bonds. The normalized spacial score (nSPS) is 19.8. The Bertz CT molecular complexity index is 1040. The van der Waals surface area contributed by atoms with Crippen LogP contribution >= 0.6 is 11.6 Å². The summed E-state index contributed by atoms with van der Waals surface area (Å²) in [4.78, 5) is 19.1. The van der Waals surface area contributed by atoms with Gasteiger partial charge in [-0.15, -0.1) is 0 Å². The van der Waals surface area contributed by atoms with E-state index in [0.29, 0.717) is 18.1 Å². The van der Waals surface area contributed by atoms with Crippen molar-refractivity contribution in [2.75, 3.05) is 18.0 Å². The molecule has 3 aromatic rings. The van der Waals surface area contributed by atoms with Gasteiger partial charge in [0.2, 0.25) is 5.91 Å². The number of nitrogens with two attached hydrogens (primary N) is 1. The summed E-state index contributed by atoms with van der Waals surface area (Å²) in [6.45, 7) is 5.26. The molecule has 6 nitrogen and oxygen atoms in total. The summed E-state index contributed by atoms with van der Waals surface area (Å²) in [6, 6.07) is 5.93. The number of primary amides is 1. The standard InChI is InChI=1S/C20H22ClN5O/c1-11-4-14(21)6-15-18(5-12(2)24-19(11)15)26-9-16(17(10-26)20(22)27)13-7-23-25(3)8-13/h4-8,16-17H,9-10H2,1-3H3,(H2,22,27)/t16-,17+/m1/s1. The minimum Gasteiger partial charge on any atom is -0.369 e. The van der Waals surface area contributed by atoms with Crippen molar-refractivity contribution >= 4 is 34.1 Å². The lowest BCUT2D eigenvalue weighted by molar-refractivity contribution is -0.121. The number of hydrogen-bond acceptors (Lipinski definition) is 4. The van der Waals surface area contributed by atoms with E-state index in [9.17, 15) is 4.79 Å². The molecule has 27 heavy (non-hydrogen) atoms. The number of aryl methyl sites for hydroxylation is 3. The van der Waals surface area contributed by atoms with Crippen molar-refractivity contribution in [1.82, 2.24) is 14.8 Å². The van der Waals surface area contributed by atoms with Crippen molar-refractivity contribution in [2.24, 2.45) is 18.7 Å². The fourth-order valence-corrected chi connectivity index (χ4v) is 4.36. The smallest absolute Gasteiger partial charge is 0.223 e. The van der Waals surface area contributed by atoms with Crippen molar-refractivity contribution in [1.29, 1.82) is 0 Å². The van der Waals surface area contributed by atoms with Gasteiger partial charge in [-0.05, 0) is 43.2 Å². The van der Waals surface area contributed by atoms with Gasteiger partial charge >= 0.3 is 0 Å². The minimum atomic E-state index is -0.282. The molecule has 2 aromatic heterocycles. The maximum absolute atomic E-state index is 12.1. The molecular weight excluding hydrogens is 362 g/mol. The molecule has 0 spiro atoms. The first kappa shape index (κ1) is 17.8. The van der Waals surface area contributed by atoms with E-state index in [1.54, 1.807) is 4.68 Å². The number of aromatic nitrogens is 3. The summed E-state index contributed by atoms with van der Waals surface area (Å²) >= 11 is 6.32. The Balaban J connectivity index is 1.81. The van der Waals surface area contributed by atoms with Gasteiger partial charge < -0.3 is 10.6 Å².